The number of H-pyrrole nitrogens is 1. The number of benzene rings is 3. The minimum atomic E-state index is -0.322. The fraction of sp³-hybridized carbons (Fsp3) is 0.0741. The molecule has 35 heavy (non-hydrogen) atoms. The van der Waals surface area contributed by atoms with E-state index in [4.69, 9.17) is 9.72 Å². The Morgan fingerprint density at radius 3 is 2.37 bits per heavy atom. The van der Waals surface area contributed by atoms with Crippen LogP contribution in [0.5, 0.6) is 5.75 Å². The van der Waals surface area contributed by atoms with Crippen LogP contribution in [-0.2, 0) is 6.54 Å². The van der Waals surface area contributed by atoms with Crippen LogP contribution >= 0.6 is 15.9 Å². The lowest BCUT2D eigenvalue weighted by atomic mass is 10.0. The third-order valence-corrected chi connectivity index (χ3v) is 6.18. The first-order chi connectivity index (χ1) is 17.0. The number of aromatic nitrogens is 3. The molecule has 174 valence electrons. The van der Waals surface area contributed by atoms with Gasteiger partial charge in [-0.15, -0.1) is 0 Å². The van der Waals surface area contributed by atoms with Gasteiger partial charge in [0.15, 0.2) is 5.65 Å². The summed E-state index contributed by atoms with van der Waals surface area (Å²) in [5.74, 6) is 0.123. The van der Waals surface area contributed by atoms with E-state index in [0.29, 0.717) is 28.0 Å². The lowest BCUT2D eigenvalue weighted by molar-refractivity contribution is 0.0952. The number of nitrogens with one attached hydrogen (secondary N) is 2. The molecular weight excluding hydrogens is 511 g/mol. The number of pyridine rings is 1. The van der Waals surface area contributed by atoms with Gasteiger partial charge in [-0.05, 0) is 60.2 Å². The maximum absolute atomic E-state index is 13.4. The van der Waals surface area contributed by atoms with Crippen LogP contribution in [0.15, 0.2) is 83.3 Å². The number of fused-ring (bicyclic) bond motifs is 1. The number of aromatic amines is 1. The molecule has 1 amide bonds. The molecule has 0 saturated carbocycles. The van der Waals surface area contributed by atoms with Crippen molar-refractivity contribution in [3.05, 3.63) is 100 Å². The van der Waals surface area contributed by atoms with Crippen molar-refractivity contribution in [2.45, 2.75) is 6.54 Å². The number of ether oxygens (including phenoxy) is 1. The molecule has 3 aromatic carbocycles. The Morgan fingerprint density at radius 1 is 1.00 bits per heavy atom. The molecule has 0 aliphatic rings. The standard InChI is InChI=1S/C27H20BrFN4O2/c1-35-21-12-6-17(7-13-21)23-14-22(27(34)30-15-16-2-10-20(29)11-3-16)24-25(32-33-26(24)31-23)18-4-8-19(28)9-5-18/h2-14H,15H2,1H3,(H,30,34)(H,31,32,33). The minimum absolute atomic E-state index is 0.256. The average molecular weight is 531 g/mol. The number of halogens is 2. The first-order valence-corrected chi connectivity index (χ1v) is 11.6. The molecule has 5 rings (SSSR count). The third-order valence-electron chi connectivity index (χ3n) is 5.65. The fourth-order valence-electron chi connectivity index (χ4n) is 3.82. The first-order valence-electron chi connectivity index (χ1n) is 10.8. The second-order valence-corrected chi connectivity index (χ2v) is 8.81. The Balaban J connectivity index is 1.59. The van der Waals surface area contributed by atoms with Crippen LogP contribution in [0.3, 0.4) is 0 Å². The zero-order valence-corrected chi connectivity index (χ0v) is 20.3. The molecule has 0 spiro atoms. The van der Waals surface area contributed by atoms with Crippen LogP contribution in [0.2, 0.25) is 0 Å². The summed E-state index contributed by atoms with van der Waals surface area (Å²) in [7, 11) is 1.61. The van der Waals surface area contributed by atoms with E-state index in [2.05, 4.69) is 31.4 Å². The second kappa shape index (κ2) is 9.68. The number of hydrogen-bond donors (Lipinski definition) is 2. The molecule has 5 aromatic rings. The summed E-state index contributed by atoms with van der Waals surface area (Å²) in [5, 5.41) is 11.0. The molecular formula is C27H20BrFN4O2. The van der Waals surface area contributed by atoms with Gasteiger partial charge in [0.25, 0.3) is 5.91 Å². The number of nitrogens with zero attached hydrogens (tertiary/aromatic N) is 2. The van der Waals surface area contributed by atoms with Crippen LogP contribution in [0.1, 0.15) is 15.9 Å². The normalized spacial score (nSPS) is 10.9. The predicted molar refractivity (Wildman–Crippen MR) is 137 cm³/mol. The number of methoxy groups -OCH3 is 1. The number of amides is 1. The Bertz CT molecular complexity index is 1500. The Kier molecular flexibility index (Phi) is 6.29. The van der Waals surface area contributed by atoms with Crippen LogP contribution in [-0.4, -0.2) is 28.2 Å². The summed E-state index contributed by atoms with van der Waals surface area (Å²) in [5.41, 5.74) is 4.68. The smallest absolute Gasteiger partial charge is 0.252 e. The molecule has 0 saturated heterocycles. The predicted octanol–water partition coefficient (Wildman–Crippen LogP) is 6.13. The van der Waals surface area contributed by atoms with E-state index in [1.807, 2.05) is 48.5 Å². The zero-order chi connectivity index (χ0) is 24.4. The monoisotopic (exact) mass is 530 g/mol. The second-order valence-electron chi connectivity index (χ2n) is 7.90. The molecule has 2 N–H and O–H groups in total. The molecule has 0 aliphatic heterocycles. The lowest BCUT2D eigenvalue weighted by Crippen LogP contribution is -2.23. The highest BCUT2D eigenvalue weighted by Gasteiger charge is 2.20. The number of carbonyl (C=O) groups is 1. The van der Waals surface area contributed by atoms with E-state index in [-0.39, 0.29) is 18.3 Å². The SMILES string of the molecule is COc1ccc(-c2cc(C(=O)NCc3ccc(F)cc3)c3c(-c4ccc(Br)cc4)[nH]nc3n2)cc1. The summed E-state index contributed by atoms with van der Waals surface area (Å²) in [4.78, 5) is 18.2. The first kappa shape index (κ1) is 22.7. The van der Waals surface area contributed by atoms with Crippen molar-refractivity contribution < 1.29 is 13.9 Å². The van der Waals surface area contributed by atoms with E-state index >= 15 is 0 Å². The van der Waals surface area contributed by atoms with Gasteiger partial charge in [0.1, 0.15) is 11.6 Å². The minimum Gasteiger partial charge on any atom is -0.497 e. The molecule has 2 aromatic heterocycles. The van der Waals surface area contributed by atoms with Crippen molar-refractivity contribution >= 4 is 32.9 Å². The average Bonchev–Trinajstić information content (AvgIpc) is 3.32. The summed E-state index contributed by atoms with van der Waals surface area (Å²) in [6.45, 7) is 0.256. The summed E-state index contributed by atoms with van der Waals surface area (Å²) >= 11 is 3.45. The molecule has 8 heteroatoms. The Hall–Kier alpha value is -4.04. The maximum atomic E-state index is 13.4. The van der Waals surface area contributed by atoms with Gasteiger partial charge in [0.2, 0.25) is 0 Å². The van der Waals surface area contributed by atoms with Gasteiger partial charge in [0.05, 0.1) is 29.4 Å². The highest BCUT2D eigenvalue weighted by Crippen LogP contribution is 2.32. The largest absolute Gasteiger partial charge is 0.497 e. The topological polar surface area (TPSA) is 79.9 Å². The molecule has 0 atom stereocenters. The molecule has 6 nitrogen and oxygen atoms in total. The Labute approximate surface area is 209 Å². The van der Waals surface area contributed by atoms with Crippen molar-refractivity contribution in [3.63, 3.8) is 0 Å². The van der Waals surface area contributed by atoms with E-state index in [9.17, 15) is 9.18 Å². The van der Waals surface area contributed by atoms with Crippen LogP contribution in [0.25, 0.3) is 33.5 Å². The van der Waals surface area contributed by atoms with E-state index in [1.165, 1.54) is 12.1 Å². The lowest BCUT2D eigenvalue weighted by Gasteiger charge is -2.10. The molecule has 0 aliphatic carbocycles. The van der Waals surface area contributed by atoms with Crippen LogP contribution in [0.4, 0.5) is 4.39 Å². The highest BCUT2D eigenvalue weighted by molar-refractivity contribution is 9.10. The van der Waals surface area contributed by atoms with Crippen molar-refractivity contribution in [2.24, 2.45) is 0 Å². The van der Waals surface area contributed by atoms with E-state index < -0.39 is 0 Å². The maximum Gasteiger partial charge on any atom is 0.252 e. The van der Waals surface area contributed by atoms with Gasteiger partial charge in [-0.25, -0.2) is 9.37 Å². The molecule has 0 unspecified atom stereocenters. The number of rotatable bonds is 6. The molecule has 0 bridgehead atoms. The molecule has 2 heterocycles. The van der Waals surface area contributed by atoms with Gasteiger partial charge in [-0.1, -0.05) is 40.2 Å². The highest BCUT2D eigenvalue weighted by atomic mass is 79.9. The number of carbonyl (C=O) groups excluding carboxylic acids is 1. The van der Waals surface area contributed by atoms with Crippen LogP contribution < -0.4 is 10.1 Å². The number of hydrogen-bond acceptors (Lipinski definition) is 4. The third kappa shape index (κ3) is 4.79. The quantitative estimate of drug-likeness (QED) is 0.276. The van der Waals surface area contributed by atoms with Gasteiger partial charge < -0.3 is 10.1 Å². The van der Waals surface area contributed by atoms with Gasteiger partial charge in [-0.2, -0.15) is 5.10 Å². The van der Waals surface area contributed by atoms with Crippen molar-refractivity contribution in [1.29, 1.82) is 0 Å². The van der Waals surface area contributed by atoms with Gasteiger partial charge in [-0.3, -0.25) is 9.89 Å². The van der Waals surface area contributed by atoms with E-state index in [1.54, 1.807) is 25.3 Å². The Morgan fingerprint density at radius 2 is 1.69 bits per heavy atom. The van der Waals surface area contributed by atoms with Gasteiger partial charge in [0, 0.05) is 22.1 Å². The molecule has 0 radical (unpaired) electrons. The van der Waals surface area contributed by atoms with E-state index in [0.717, 1.165) is 26.9 Å². The van der Waals surface area contributed by atoms with Crippen LogP contribution in [0, 0.1) is 5.82 Å². The van der Waals surface area contributed by atoms with Gasteiger partial charge >= 0.3 is 0 Å². The summed E-state index contributed by atoms with van der Waals surface area (Å²) < 4.78 is 19.5. The summed E-state index contributed by atoms with van der Waals surface area (Å²) in [6.07, 6.45) is 0. The van der Waals surface area contributed by atoms with Crippen molar-refractivity contribution in [3.8, 4) is 28.3 Å². The zero-order valence-electron chi connectivity index (χ0n) is 18.7. The van der Waals surface area contributed by atoms with Crippen molar-refractivity contribution in [2.75, 3.05) is 7.11 Å². The van der Waals surface area contributed by atoms with Crippen molar-refractivity contribution in [1.82, 2.24) is 20.5 Å². The fourth-order valence-corrected chi connectivity index (χ4v) is 4.08. The summed E-state index contributed by atoms with van der Waals surface area (Å²) in [6, 6.07) is 23.0. The molecule has 0 fully saturated rings.